The Morgan fingerprint density at radius 1 is 1.33 bits per heavy atom. The average molecular weight is 300 g/mol. The molecule has 7 heteroatoms. The van der Waals surface area contributed by atoms with Crippen LogP contribution in [0.3, 0.4) is 0 Å². The van der Waals surface area contributed by atoms with Crippen LogP contribution in [0.2, 0.25) is 0 Å². The predicted molar refractivity (Wildman–Crippen MR) is 75.9 cm³/mol. The molecule has 1 heterocycles. The lowest BCUT2D eigenvalue weighted by molar-refractivity contribution is -0.145. The maximum atomic E-state index is 12.5. The molecule has 120 valence electrons. The van der Waals surface area contributed by atoms with Crippen molar-refractivity contribution in [1.29, 1.82) is 0 Å². The lowest BCUT2D eigenvalue weighted by atomic mass is 9.76. The van der Waals surface area contributed by atoms with Crippen molar-refractivity contribution in [2.45, 2.75) is 51.5 Å². The molecular weight excluding hydrogens is 276 g/mol. The zero-order valence-corrected chi connectivity index (χ0v) is 12.4. The Kier molecular flexibility index (Phi) is 6.61. The number of hydrogen-bond donors (Lipinski definition) is 4. The second-order valence-corrected chi connectivity index (χ2v) is 5.61. The van der Waals surface area contributed by atoms with Crippen LogP contribution in [0.25, 0.3) is 0 Å². The van der Waals surface area contributed by atoms with E-state index in [1.165, 1.54) is 0 Å². The summed E-state index contributed by atoms with van der Waals surface area (Å²) < 4.78 is 0. The van der Waals surface area contributed by atoms with Crippen molar-refractivity contribution >= 4 is 17.8 Å². The van der Waals surface area contributed by atoms with Gasteiger partial charge in [0.25, 0.3) is 0 Å². The summed E-state index contributed by atoms with van der Waals surface area (Å²) >= 11 is 0. The maximum absolute atomic E-state index is 12.5. The molecule has 0 aromatic carbocycles. The number of amides is 1. The van der Waals surface area contributed by atoms with Crippen LogP contribution >= 0.6 is 0 Å². The van der Waals surface area contributed by atoms with E-state index in [0.717, 1.165) is 25.8 Å². The Bertz CT molecular complexity index is 385. The van der Waals surface area contributed by atoms with E-state index in [4.69, 9.17) is 10.2 Å². The van der Waals surface area contributed by atoms with Gasteiger partial charge in [0, 0.05) is 13.0 Å². The summed E-state index contributed by atoms with van der Waals surface area (Å²) in [5.41, 5.74) is -0.579. The summed E-state index contributed by atoms with van der Waals surface area (Å²) in [7, 11) is 0. The molecule has 0 radical (unpaired) electrons. The van der Waals surface area contributed by atoms with Gasteiger partial charge in [0.15, 0.2) is 0 Å². The third kappa shape index (κ3) is 5.00. The topological polar surface area (TPSA) is 116 Å². The van der Waals surface area contributed by atoms with Crippen LogP contribution < -0.4 is 10.6 Å². The fraction of sp³-hybridized carbons (Fsp3) is 0.786. The zero-order valence-electron chi connectivity index (χ0n) is 12.4. The zero-order chi connectivity index (χ0) is 15.9. The molecule has 1 saturated heterocycles. The Morgan fingerprint density at radius 2 is 2.05 bits per heavy atom. The second-order valence-electron chi connectivity index (χ2n) is 5.61. The van der Waals surface area contributed by atoms with E-state index in [9.17, 15) is 14.4 Å². The molecule has 1 fully saturated rings. The highest BCUT2D eigenvalue weighted by Gasteiger charge is 2.40. The number of carbonyl (C=O) groups excluding carboxylic acids is 1. The molecule has 4 N–H and O–H groups in total. The molecular formula is C14H24N2O5. The molecule has 7 nitrogen and oxygen atoms in total. The van der Waals surface area contributed by atoms with E-state index < -0.39 is 23.4 Å². The summed E-state index contributed by atoms with van der Waals surface area (Å²) in [6.07, 6.45) is 2.74. The van der Waals surface area contributed by atoms with E-state index >= 15 is 0 Å². The Balaban J connectivity index is 2.72. The Hall–Kier alpha value is -1.63. The molecule has 0 saturated carbocycles. The molecule has 1 amide bonds. The predicted octanol–water partition coefficient (Wildman–Crippen LogP) is 0.591. The van der Waals surface area contributed by atoms with Gasteiger partial charge in [-0.2, -0.15) is 0 Å². The Morgan fingerprint density at radius 3 is 2.52 bits per heavy atom. The van der Waals surface area contributed by atoms with E-state index in [2.05, 4.69) is 10.6 Å². The first-order chi connectivity index (χ1) is 9.91. The van der Waals surface area contributed by atoms with Crippen molar-refractivity contribution in [3.05, 3.63) is 0 Å². The van der Waals surface area contributed by atoms with E-state index in [1.54, 1.807) is 0 Å². The van der Waals surface area contributed by atoms with Crippen molar-refractivity contribution in [2.75, 3.05) is 13.1 Å². The van der Waals surface area contributed by atoms with E-state index in [1.807, 2.05) is 6.92 Å². The molecule has 0 bridgehead atoms. The third-order valence-electron chi connectivity index (χ3n) is 3.93. The number of carboxylic acid groups (broad SMARTS) is 2. The van der Waals surface area contributed by atoms with Crippen LogP contribution in [0.1, 0.15) is 45.4 Å². The van der Waals surface area contributed by atoms with E-state index in [-0.39, 0.29) is 18.7 Å². The van der Waals surface area contributed by atoms with Crippen LogP contribution in [0, 0.1) is 5.41 Å². The molecule has 2 unspecified atom stereocenters. The van der Waals surface area contributed by atoms with Gasteiger partial charge in [-0.3, -0.25) is 9.59 Å². The van der Waals surface area contributed by atoms with Crippen LogP contribution in [-0.2, 0) is 14.4 Å². The van der Waals surface area contributed by atoms with Crippen molar-refractivity contribution in [3.8, 4) is 0 Å². The minimum atomic E-state index is -1.19. The first kappa shape index (κ1) is 17.4. The highest BCUT2D eigenvalue weighted by molar-refractivity contribution is 5.88. The van der Waals surface area contributed by atoms with Crippen LogP contribution in [0.4, 0.5) is 0 Å². The summed E-state index contributed by atoms with van der Waals surface area (Å²) in [5, 5.41) is 23.5. The molecule has 1 rings (SSSR count). The standard InChI is InChI=1S/C14H24N2O5/c1-2-6-14(7-3-8-15-9-14)13(21)16-10(12(19)20)4-5-11(17)18/h10,15H,2-9H2,1H3,(H,16,21)(H,17,18)(H,19,20). The fourth-order valence-corrected chi connectivity index (χ4v) is 2.80. The molecule has 21 heavy (non-hydrogen) atoms. The SMILES string of the molecule is CCCC1(C(=O)NC(CCC(=O)O)C(=O)O)CCCNC1. The fourth-order valence-electron chi connectivity index (χ4n) is 2.80. The lowest BCUT2D eigenvalue weighted by Crippen LogP contribution is -2.54. The van der Waals surface area contributed by atoms with Gasteiger partial charge in [-0.15, -0.1) is 0 Å². The smallest absolute Gasteiger partial charge is 0.326 e. The summed E-state index contributed by atoms with van der Waals surface area (Å²) in [5.74, 6) is -2.55. The summed E-state index contributed by atoms with van der Waals surface area (Å²) in [6.45, 7) is 3.39. The van der Waals surface area contributed by atoms with Crippen LogP contribution in [0.15, 0.2) is 0 Å². The first-order valence-corrected chi connectivity index (χ1v) is 7.37. The highest BCUT2D eigenvalue weighted by Crippen LogP contribution is 2.32. The minimum absolute atomic E-state index is 0.105. The average Bonchev–Trinajstić information content (AvgIpc) is 2.43. The molecule has 0 spiro atoms. The van der Waals surface area contributed by atoms with Gasteiger partial charge in [-0.1, -0.05) is 13.3 Å². The lowest BCUT2D eigenvalue weighted by Gasteiger charge is -2.37. The molecule has 2 atom stereocenters. The van der Waals surface area contributed by atoms with Crippen molar-refractivity contribution in [1.82, 2.24) is 10.6 Å². The Labute approximate surface area is 124 Å². The van der Waals surface area contributed by atoms with Gasteiger partial charge < -0.3 is 20.8 Å². The maximum Gasteiger partial charge on any atom is 0.326 e. The summed E-state index contributed by atoms with van der Waals surface area (Å²) in [6, 6.07) is -1.15. The van der Waals surface area contributed by atoms with Crippen LogP contribution in [0.5, 0.6) is 0 Å². The number of nitrogens with one attached hydrogen (secondary N) is 2. The minimum Gasteiger partial charge on any atom is -0.481 e. The first-order valence-electron chi connectivity index (χ1n) is 7.37. The molecule has 0 aliphatic carbocycles. The van der Waals surface area contributed by atoms with Gasteiger partial charge in [-0.05, 0) is 32.2 Å². The largest absolute Gasteiger partial charge is 0.481 e. The van der Waals surface area contributed by atoms with Gasteiger partial charge >= 0.3 is 11.9 Å². The number of rotatable bonds is 8. The normalized spacial score (nSPS) is 23.3. The van der Waals surface area contributed by atoms with Gasteiger partial charge in [0.05, 0.1) is 5.41 Å². The number of carbonyl (C=O) groups is 3. The van der Waals surface area contributed by atoms with Gasteiger partial charge in [-0.25, -0.2) is 4.79 Å². The van der Waals surface area contributed by atoms with Gasteiger partial charge in [0.2, 0.25) is 5.91 Å². The van der Waals surface area contributed by atoms with Gasteiger partial charge in [0.1, 0.15) is 6.04 Å². The quantitative estimate of drug-likeness (QED) is 0.521. The number of carboxylic acids is 2. The third-order valence-corrected chi connectivity index (χ3v) is 3.93. The van der Waals surface area contributed by atoms with Crippen molar-refractivity contribution in [2.24, 2.45) is 5.41 Å². The van der Waals surface area contributed by atoms with Crippen molar-refractivity contribution < 1.29 is 24.6 Å². The monoisotopic (exact) mass is 300 g/mol. The van der Waals surface area contributed by atoms with Crippen molar-refractivity contribution in [3.63, 3.8) is 0 Å². The second kappa shape index (κ2) is 7.97. The number of aliphatic carboxylic acids is 2. The molecule has 0 aromatic rings. The van der Waals surface area contributed by atoms with Crippen LogP contribution in [-0.4, -0.2) is 47.2 Å². The molecule has 1 aliphatic rings. The number of hydrogen-bond acceptors (Lipinski definition) is 4. The highest BCUT2D eigenvalue weighted by atomic mass is 16.4. The summed E-state index contributed by atoms with van der Waals surface area (Å²) in [4.78, 5) is 34.2. The molecule has 1 aliphatic heterocycles. The number of piperidine rings is 1. The molecule has 0 aromatic heterocycles. The van der Waals surface area contributed by atoms with E-state index in [0.29, 0.717) is 13.0 Å².